The molecular weight excluding hydrogens is 475 g/mol. The lowest BCUT2D eigenvalue weighted by Gasteiger charge is -2.25. The molecule has 0 amide bonds. The van der Waals surface area contributed by atoms with E-state index in [-0.39, 0.29) is 11.5 Å². The third-order valence-electron chi connectivity index (χ3n) is 6.23. The van der Waals surface area contributed by atoms with E-state index in [0.29, 0.717) is 24.5 Å². The highest BCUT2D eigenvalue weighted by atomic mass is 31.1. The zero-order chi connectivity index (χ0) is 25.5. The van der Waals surface area contributed by atoms with Crippen LogP contribution in [0.1, 0.15) is 11.1 Å². The number of rotatable bonds is 9. The summed E-state index contributed by atoms with van der Waals surface area (Å²) < 4.78 is 0. The molecule has 0 spiro atoms. The highest BCUT2D eigenvalue weighted by molar-refractivity contribution is 7.80. The molecule has 184 valence electrons. The van der Waals surface area contributed by atoms with Crippen LogP contribution in [0.15, 0.2) is 127 Å². The van der Waals surface area contributed by atoms with E-state index in [1.165, 1.54) is 27.0 Å². The molecule has 4 N–H and O–H groups in total. The summed E-state index contributed by atoms with van der Waals surface area (Å²) in [6, 6.07) is 42.3. The number of para-hydroxylation sites is 4. The predicted octanol–water partition coefficient (Wildman–Crippen LogP) is 6.08. The first-order valence-corrected chi connectivity index (χ1v) is 13.6. The van der Waals surface area contributed by atoms with Crippen LogP contribution in [0.4, 0.5) is 11.4 Å². The molecule has 0 heterocycles. The van der Waals surface area contributed by atoms with E-state index in [2.05, 4.69) is 83.4 Å². The Labute approximate surface area is 219 Å². The van der Waals surface area contributed by atoms with Gasteiger partial charge in [-0.25, -0.2) is 0 Å². The van der Waals surface area contributed by atoms with Crippen molar-refractivity contribution in [2.24, 2.45) is 0 Å². The predicted molar refractivity (Wildman–Crippen MR) is 156 cm³/mol. The minimum Gasteiger partial charge on any atom is -0.506 e. The molecule has 0 saturated carbocycles. The van der Waals surface area contributed by atoms with E-state index in [1.54, 1.807) is 12.1 Å². The second kappa shape index (κ2) is 11.6. The molecule has 0 radical (unpaired) electrons. The van der Waals surface area contributed by atoms with Crippen molar-refractivity contribution < 1.29 is 10.2 Å². The number of hydrogen-bond acceptors (Lipinski definition) is 4. The van der Waals surface area contributed by atoms with Gasteiger partial charge < -0.3 is 20.8 Å². The first-order valence-electron chi connectivity index (χ1n) is 12.3. The lowest BCUT2D eigenvalue weighted by atomic mass is 10.2. The van der Waals surface area contributed by atoms with Crippen molar-refractivity contribution in [3.05, 3.63) is 139 Å². The fourth-order valence-corrected chi connectivity index (χ4v) is 7.01. The van der Waals surface area contributed by atoms with Crippen LogP contribution in [0.2, 0.25) is 0 Å². The molecule has 4 nitrogen and oxygen atoms in total. The van der Waals surface area contributed by atoms with Crippen LogP contribution in [0.5, 0.6) is 11.5 Å². The molecule has 0 aliphatic rings. The van der Waals surface area contributed by atoms with Gasteiger partial charge in [-0.1, -0.05) is 103 Å². The summed E-state index contributed by atoms with van der Waals surface area (Å²) in [6.45, 7) is 1.19. The van der Waals surface area contributed by atoms with Crippen LogP contribution < -0.4 is 26.5 Å². The van der Waals surface area contributed by atoms with Crippen LogP contribution in [0.3, 0.4) is 0 Å². The van der Waals surface area contributed by atoms with E-state index in [0.717, 1.165) is 0 Å². The monoisotopic (exact) mass is 504 g/mol. The van der Waals surface area contributed by atoms with Crippen molar-refractivity contribution in [2.75, 3.05) is 10.6 Å². The van der Waals surface area contributed by atoms with Gasteiger partial charge in [-0.3, -0.25) is 0 Å². The molecule has 0 atom stereocenters. The van der Waals surface area contributed by atoms with Crippen LogP contribution in [-0.2, 0) is 13.1 Å². The molecule has 5 aromatic rings. The standard InChI is InChI=1S/C32H29N2O2P/c35-29-18-8-6-16-27(29)33-22-24-12-4-10-20-31(24)37(26-14-2-1-3-15-26)32-21-11-5-13-25(32)23-34-28-17-7-9-19-30(28)36/h1-21,33-36H,22-23H2. The van der Waals surface area contributed by atoms with Crippen LogP contribution in [-0.4, -0.2) is 10.2 Å². The Hall–Kier alpha value is -4.27. The summed E-state index contributed by atoms with van der Waals surface area (Å²) in [5.74, 6) is 0.483. The number of anilines is 2. The van der Waals surface area contributed by atoms with Gasteiger partial charge in [0.15, 0.2) is 0 Å². The van der Waals surface area contributed by atoms with Crippen molar-refractivity contribution in [1.29, 1.82) is 0 Å². The zero-order valence-electron chi connectivity index (χ0n) is 20.4. The van der Waals surface area contributed by atoms with Gasteiger partial charge in [0.25, 0.3) is 0 Å². The van der Waals surface area contributed by atoms with Gasteiger partial charge in [0.05, 0.1) is 11.4 Å². The fraction of sp³-hybridized carbons (Fsp3) is 0.0625. The Balaban J connectivity index is 1.53. The summed E-state index contributed by atoms with van der Waals surface area (Å²) >= 11 is 0. The van der Waals surface area contributed by atoms with E-state index in [4.69, 9.17) is 0 Å². The maximum Gasteiger partial charge on any atom is 0.138 e. The summed E-state index contributed by atoms with van der Waals surface area (Å²) in [6.07, 6.45) is 0. The lowest BCUT2D eigenvalue weighted by molar-refractivity contribution is 0.476. The fourth-order valence-electron chi connectivity index (χ4n) is 4.37. The van der Waals surface area contributed by atoms with Crippen molar-refractivity contribution in [2.45, 2.75) is 13.1 Å². The van der Waals surface area contributed by atoms with Gasteiger partial charge in [0.2, 0.25) is 0 Å². The third-order valence-corrected chi connectivity index (χ3v) is 8.88. The quantitative estimate of drug-likeness (QED) is 0.145. The molecule has 0 fully saturated rings. The molecule has 37 heavy (non-hydrogen) atoms. The summed E-state index contributed by atoms with van der Waals surface area (Å²) in [7, 11) is -0.869. The van der Waals surface area contributed by atoms with Crippen molar-refractivity contribution in [3.8, 4) is 11.5 Å². The lowest BCUT2D eigenvalue weighted by Crippen LogP contribution is -2.27. The summed E-state index contributed by atoms with van der Waals surface area (Å²) in [5.41, 5.74) is 3.80. The third kappa shape index (κ3) is 5.77. The maximum atomic E-state index is 10.2. The average Bonchev–Trinajstić information content (AvgIpc) is 2.94. The Morgan fingerprint density at radius 2 is 0.865 bits per heavy atom. The number of phenolic OH excluding ortho intramolecular Hbond substituents is 2. The van der Waals surface area contributed by atoms with Gasteiger partial charge in [-0.05, 0) is 59.2 Å². The maximum absolute atomic E-state index is 10.2. The average molecular weight is 505 g/mol. The Morgan fingerprint density at radius 3 is 1.35 bits per heavy atom. The van der Waals surface area contributed by atoms with E-state index >= 15 is 0 Å². The second-order valence-corrected chi connectivity index (χ2v) is 10.8. The molecule has 0 aliphatic heterocycles. The number of phenols is 2. The normalized spacial score (nSPS) is 10.8. The second-order valence-electron chi connectivity index (χ2n) is 8.67. The first kappa shape index (κ1) is 24.4. The molecule has 5 heteroatoms. The van der Waals surface area contributed by atoms with Gasteiger partial charge in [-0.2, -0.15) is 0 Å². The van der Waals surface area contributed by atoms with Crippen molar-refractivity contribution in [3.63, 3.8) is 0 Å². The van der Waals surface area contributed by atoms with Gasteiger partial charge in [0.1, 0.15) is 11.5 Å². The van der Waals surface area contributed by atoms with Gasteiger partial charge in [0, 0.05) is 13.1 Å². The first-order chi connectivity index (χ1) is 18.2. The topological polar surface area (TPSA) is 64.5 Å². The Kier molecular flexibility index (Phi) is 7.69. The number of hydrogen-bond donors (Lipinski definition) is 4. The van der Waals surface area contributed by atoms with E-state index in [1.807, 2.05) is 42.5 Å². The number of aromatic hydroxyl groups is 2. The molecule has 0 unspecified atom stereocenters. The smallest absolute Gasteiger partial charge is 0.138 e. The molecule has 0 aliphatic carbocycles. The molecule has 5 aromatic carbocycles. The highest BCUT2D eigenvalue weighted by Crippen LogP contribution is 2.36. The largest absolute Gasteiger partial charge is 0.506 e. The molecular formula is C32H29N2O2P. The van der Waals surface area contributed by atoms with E-state index < -0.39 is 7.92 Å². The van der Waals surface area contributed by atoms with Crippen molar-refractivity contribution >= 4 is 35.2 Å². The van der Waals surface area contributed by atoms with Crippen LogP contribution >= 0.6 is 7.92 Å². The van der Waals surface area contributed by atoms with Crippen molar-refractivity contribution in [1.82, 2.24) is 0 Å². The minimum absolute atomic E-state index is 0.242. The van der Waals surface area contributed by atoms with Gasteiger partial charge >= 0.3 is 0 Å². The number of nitrogens with one attached hydrogen (secondary N) is 2. The summed E-state index contributed by atoms with van der Waals surface area (Å²) in [4.78, 5) is 0. The zero-order valence-corrected chi connectivity index (χ0v) is 21.3. The molecule has 5 rings (SSSR count). The van der Waals surface area contributed by atoms with Crippen LogP contribution in [0, 0.1) is 0 Å². The molecule has 0 bridgehead atoms. The number of benzene rings is 5. The SMILES string of the molecule is Oc1ccccc1NCc1ccccc1P(c1ccccc1)c1ccccc1CNc1ccccc1O. The highest BCUT2D eigenvalue weighted by Gasteiger charge is 2.22. The Morgan fingerprint density at radius 1 is 0.459 bits per heavy atom. The molecule has 0 saturated heterocycles. The summed E-state index contributed by atoms with van der Waals surface area (Å²) in [5, 5.41) is 31.1. The van der Waals surface area contributed by atoms with Crippen LogP contribution in [0.25, 0.3) is 0 Å². The minimum atomic E-state index is -0.869. The van der Waals surface area contributed by atoms with E-state index in [9.17, 15) is 10.2 Å². The Bertz CT molecular complexity index is 1380. The molecule has 0 aromatic heterocycles. The van der Waals surface area contributed by atoms with Gasteiger partial charge in [-0.15, -0.1) is 0 Å².